The Morgan fingerprint density at radius 3 is 2.59 bits per heavy atom. The molecule has 0 saturated heterocycles. The minimum atomic E-state index is -0.652. The first-order chi connectivity index (χ1) is 14.0. The number of aromatic hydroxyl groups is 1. The number of amides is 1. The zero-order valence-corrected chi connectivity index (χ0v) is 16.6. The number of hydrogen-bond acceptors (Lipinski definition) is 7. The van der Waals surface area contributed by atoms with Crippen LogP contribution >= 0.6 is 11.3 Å². The summed E-state index contributed by atoms with van der Waals surface area (Å²) in [5.74, 6) is -0.615. The van der Waals surface area contributed by atoms with Crippen molar-refractivity contribution in [2.45, 2.75) is 38.3 Å². The average Bonchev–Trinajstić information content (AvgIpc) is 3.37. The number of carbonyl (C=O) groups is 1. The van der Waals surface area contributed by atoms with E-state index < -0.39 is 10.9 Å². The Morgan fingerprint density at radius 2 is 1.93 bits per heavy atom. The van der Waals surface area contributed by atoms with Crippen LogP contribution in [0.15, 0.2) is 45.3 Å². The topological polar surface area (TPSA) is 108 Å². The van der Waals surface area contributed by atoms with Crippen LogP contribution in [0.1, 0.15) is 47.5 Å². The normalized spacial score (nSPS) is 14.5. The number of hydrogen-bond donors (Lipinski definition) is 4. The molecule has 1 aliphatic carbocycles. The molecule has 1 aromatic heterocycles. The highest BCUT2D eigenvalue weighted by molar-refractivity contribution is 7.10. The standard InChI is InChI=1S/C21H21N3O4S/c1-2-13(15-7-4-10-29-15)23-16-17(20(27)19(16)26)24-14-6-3-5-12(18(14)25)21(28)22-11-8-9-11/h3-7,10-11,13,23-25H,2,8-9H2,1H3,(H,22,28)/t13-/m1/s1. The molecule has 4 N–H and O–H groups in total. The van der Waals surface area contributed by atoms with E-state index in [1.54, 1.807) is 23.5 Å². The van der Waals surface area contributed by atoms with Crippen molar-refractivity contribution in [2.24, 2.45) is 0 Å². The fraction of sp³-hybridized carbons (Fsp3) is 0.286. The Kier molecular flexibility index (Phi) is 5.10. The van der Waals surface area contributed by atoms with E-state index in [0.717, 1.165) is 24.1 Å². The van der Waals surface area contributed by atoms with Crippen molar-refractivity contribution in [3.8, 4) is 5.75 Å². The number of nitrogens with one attached hydrogen (secondary N) is 3. The van der Waals surface area contributed by atoms with Gasteiger partial charge in [-0.2, -0.15) is 0 Å². The summed E-state index contributed by atoms with van der Waals surface area (Å²) in [5.41, 5.74) is -0.624. The van der Waals surface area contributed by atoms with E-state index in [1.807, 2.05) is 24.4 Å². The van der Waals surface area contributed by atoms with Crippen molar-refractivity contribution in [1.29, 1.82) is 0 Å². The van der Waals surface area contributed by atoms with Crippen LogP contribution in [-0.4, -0.2) is 17.1 Å². The van der Waals surface area contributed by atoms with Gasteiger partial charge in [0.2, 0.25) is 0 Å². The summed E-state index contributed by atoms with van der Waals surface area (Å²) in [6.07, 6.45) is 2.61. The van der Waals surface area contributed by atoms with Crippen molar-refractivity contribution in [2.75, 3.05) is 10.6 Å². The van der Waals surface area contributed by atoms with Gasteiger partial charge in [-0.15, -0.1) is 11.3 Å². The highest BCUT2D eigenvalue weighted by Gasteiger charge is 2.27. The van der Waals surface area contributed by atoms with Crippen molar-refractivity contribution in [1.82, 2.24) is 5.32 Å². The minimum absolute atomic E-state index is 0.0944. The van der Waals surface area contributed by atoms with Crippen LogP contribution in [0.5, 0.6) is 5.75 Å². The molecule has 0 aliphatic heterocycles. The molecule has 3 aromatic rings. The van der Waals surface area contributed by atoms with Gasteiger partial charge in [0.15, 0.2) is 5.75 Å². The molecule has 7 nitrogen and oxygen atoms in total. The first-order valence-electron chi connectivity index (χ1n) is 9.52. The number of phenols is 1. The molecule has 8 heteroatoms. The molecular weight excluding hydrogens is 390 g/mol. The molecule has 1 heterocycles. The third-order valence-electron chi connectivity index (χ3n) is 4.98. The first kappa shape index (κ1) is 19.2. The number of anilines is 3. The predicted octanol–water partition coefficient (Wildman–Crippen LogP) is 3.25. The van der Waals surface area contributed by atoms with Crippen molar-refractivity contribution >= 4 is 34.3 Å². The van der Waals surface area contributed by atoms with E-state index >= 15 is 0 Å². The van der Waals surface area contributed by atoms with Crippen LogP contribution in [0.2, 0.25) is 0 Å². The summed E-state index contributed by atoms with van der Waals surface area (Å²) in [6, 6.07) is 8.65. The number of carbonyl (C=O) groups excluding carboxylic acids is 1. The first-order valence-corrected chi connectivity index (χ1v) is 10.4. The molecule has 1 saturated carbocycles. The molecule has 0 radical (unpaired) electrons. The fourth-order valence-corrected chi connectivity index (χ4v) is 4.00. The zero-order chi connectivity index (χ0) is 20.5. The maximum atomic E-state index is 12.3. The van der Waals surface area contributed by atoms with Gasteiger partial charge in [-0.25, -0.2) is 0 Å². The molecular formula is C21H21N3O4S. The van der Waals surface area contributed by atoms with Gasteiger partial charge in [-0.05, 0) is 42.8 Å². The monoisotopic (exact) mass is 411 g/mol. The summed E-state index contributed by atoms with van der Waals surface area (Å²) in [6.45, 7) is 1.99. The molecule has 0 spiro atoms. The number of thiophene rings is 1. The van der Waals surface area contributed by atoms with E-state index in [9.17, 15) is 19.5 Å². The van der Waals surface area contributed by atoms with Crippen LogP contribution < -0.4 is 26.8 Å². The number of benzene rings is 1. The second kappa shape index (κ2) is 7.71. The van der Waals surface area contributed by atoms with Crippen molar-refractivity contribution in [3.05, 3.63) is 66.6 Å². The van der Waals surface area contributed by atoms with Gasteiger partial charge >= 0.3 is 0 Å². The molecule has 1 atom stereocenters. The summed E-state index contributed by atoms with van der Waals surface area (Å²) in [5, 5.41) is 21.3. The van der Waals surface area contributed by atoms with Gasteiger partial charge in [0.1, 0.15) is 11.4 Å². The minimum Gasteiger partial charge on any atom is -0.505 e. The molecule has 2 aromatic carbocycles. The number of para-hydroxylation sites is 1. The Bertz CT molecular complexity index is 1110. The zero-order valence-electron chi connectivity index (χ0n) is 15.8. The van der Waals surface area contributed by atoms with Gasteiger partial charge in [-0.3, -0.25) is 14.4 Å². The second-order valence-electron chi connectivity index (χ2n) is 7.10. The quantitative estimate of drug-likeness (QED) is 0.335. The molecule has 29 heavy (non-hydrogen) atoms. The van der Waals surface area contributed by atoms with E-state index in [-0.39, 0.29) is 46.4 Å². The maximum absolute atomic E-state index is 12.3. The van der Waals surface area contributed by atoms with Gasteiger partial charge < -0.3 is 21.1 Å². The van der Waals surface area contributed by atoms with Gasteiger partial charge in [-0.1, -0.05) is 19.1 Å². The lowest BCUT2D eigenvalue weighted by Gasteiger charge is -2.21. The Hall–Kier alpha value is -3.13. The molecule has 4 rings (SSSR count). The van der Waals surface area contributed by atoms with Crippen molar-refractivity contribution in [3.63, 3.8) is 0 Å². The molecule has 0 bridgehead atoms. The predicted molar refractivity (Wildman–Crippen MR) is 114 cm³/mol. The molecule has 0 unspecified atom stereocenters. The van der Waals surface area contributed by atoms with E-state index in [0.29, 0.717) is 0 Å². The molecule has 1 amide bonds. The van der Waals surface area contributed by atoms with Crippen molar-refractivity contribution < 1.29 is 9.90 Å². The summed E-state index contributed by atoms with van der Waals surface area (Å²) in [7, 11) is 0. The molecule has 1 aliphatic rings. The summed E-state index contributed by atoms with van der Waals surface area (Å²) < 4.78 is 0. The van der Waals surface area contributed by atoms with Crippen LogP contribution in [-0.2, 0) is 0 Å². The maximum Gasteiger partial charge on any atom is 0.255 e. The SMILES string of the molecule is CC[C@@H](Nc1c(Nc2cccc(C(=O)NC3CC3)c2O)c(=O)c1=O)c1cccs1. The smallest absolute Gasteiger partial charge is 0.255 e. The van der Waals surface area contributed by atoms with Gasteiger partial charge in [0.05, 0.1) is 17.3 Å². The Labute approximate surface area is 171 Å². The Balaban J connectivity index is 1.58. The van der Waals surface area contributed by atoms with Crippen LogP contribution in [0.25, 0.3) is 0 Å². The highest BCUT2D eigenvalue weighted by Crippen LogP contribution is 2.34. The van der Waals surface area contributed by atoms with E-state index in [2.05, 4.69) is 16.0 Å². The highest BCUT2D eigenvalue weighted by atomic mass is 32.1. The lowest BCUT2D eigenvalue weighted by atomic mass is 10.1. The van der Waals surface area contributed by atoms with Gasteiger partial charge in [0, 0.05) is 10.9 Å². The van der Waals surface area contributed by atoms with Crippen LogP contribution in [0.4, 0.5) is 17.1 Å². The Morgan fingerprint density at radius 1 is 1.17 bits per heavy atom. The third-order valence-corrected chi connectivity index (χ3v) is 5.96. The van der Waals surface area contributed by atoms with E-state index in [4.69, 9.17) is 0 Å². The number of rotatable bonds is 8. The van der Waals surface area contributed by atoms with E-state index in [1.165, 1.54) is 6.07 Å². The summed E-state index contributed by atoms with van der Waals surface area (Å²) in [4.78, 5) is 37.6. The largest absolute Gasteiger partial charge is 0.505 e. The molecule has 1 fully saturated rings. The number of phenolic OH excluding ortho intramolecular Hbond substituents is 1. The lowest BCUT2D eigenvalue weighted by Crippen LogP contribution is -2.37. The van der Waals surface area contributed by atoms with Crippen LogP contribution in [0, 0.1) is 0 Å². The lowest BCUT2D eigenvalue weighted by molar-refractivity contribution is 0.0948. The van der Waals surface area contributed by atoms with Crippen LogP contribution in [0.3, 0.4) is 0 Å². The van der Waals surface area contributed by atoms with Gasteiger partial charge in [0.25, 0.3) is 16.8 Å². The fourth-order valence-electron chi connectivity index (χ4n) is 3.14. The molecule has 150 valence electrons. The third kappa shape index (κ3) is 3.75. The second-order valence-corrected chi connectivity index (χ2v) is 8.08. The summed E-state index contributed by atoms with van der Waals surface area (Å²) >= 11 is 1.57. The average molecular weight is 411 g/mol.